The number of ether oxygens (including phenoxy) is 1. The molecule has 0 bridgehead atoms. The van der Waals surface area contributed by atoms with Gasteiger partial charge in [-0.2, -0.15) is 0 Å². The molecule has 4 aromatic carbocycles. The lowest BCUT2D eigenvalue weighted by Gasteiger charge is -2.45. The summed E-state index contributed by atoms with van der Waals surface area (Å²) in [4.78, 5) is 63.0. The lowest BCUT2D eigenvalue weighted by molar-refractivity contribution is -0.134. The smallest absolute Gasteiger partial charge is 0.335 e. The minimum atomic E-state index is -1.09. The number of imide groups is 1. The second-order valence-corrected chi connectivity index (χ2v) is 18.8. The van der Waals surface area contributed by atoms with Gasteiger partial charge in [0.15, 0.2) is 0 Å². The van der Waals surface area contributed by atoms with Crippen LogP contribution in [0.15, 0.2) is 95.2 Å². The fourth-order valence-corrected chi connectivity index (χ4v) is 10.9. The first-order chi connectivity index (χ1) is 31.7. The van der Waals surface area contributed by atoms with Crippen molar-refractivity contribution in [3.05, 3.63) is 123 Å². The average molecular weight is 937 g/mol. The number of aryl methyl sites for hydroxylation is 1. The van der Waals surface area contributed by atoms with Crippen LogP contribution in [0.25, 0.3) is 16.3 Å². The highest BCUT2D eigenvalue weighted by Crippen LogP contribution is 2.44. The van der Waals surface area contributed by atoms with Gasteiger partial charge in [-0.05, 0) is 130 Å². The molecule has 0 saturated carbocycles. The normalized spacial score (nSPS) is 19.2. The van der Waals surface area contributed by atoms with Gasteiger partial charge in [0.05, 0.1) is 23.4 Å². The third kappa shape index (κ3) is 11.1. The first-order valence-corrected chi connectivity index (χ1v) is 24.1. The molecule has 3 aliphatic heterocycles. The number of amides is 4. The highest BCUT2D eigenvalue weighted by Gasteiger charge is 2.41. The van der Waals surface area contributed by atoms with Crippen LogP contribution in [-0.2, 0) is 36.1 Å². The van der Waals surface area contributed by atoms with Gasteiger partial charge >= 0.3 is 5.97 Å². The van der Waals surface area contributed by atoms with Crippen LogP contribution in [0.2, 0.25) is 0 Å². The molecular formula is C52H62ClN5O7S. The SMILES string of the molecule is CC.COC(=C(/C)C(=O)O)/C(Cl)=C(\C)c1cccc(NC2CCN(SCc3cccc(CCC(CCNC=O)c4ccc5c6c(cccc46)C(=O)N5C4CCC(=O)NC4=O)c3)C(C)(C)C2)c1. The summed E-state index contributed by atoms with van der Waals surface area (Å²) in [6.45, 7) is 13.3. The number of aliphatic carboxylic acids is 1. The maximum Gasteiger partial charge on any atom is 0.335 e. The number of carboxylic acids is 1. The van der Waals surface area contributed by atoms with Crippen molar-refractivity contribution in [1.82, 2.24) is 14.9 Å². The van der Waals surface area contributed by atoms with Crippen LogP contribution >= 0.6 is 23.5 Å². The number of anilines is 2. The molecule has 12 nitrogen and oxygen atoms in total. The Bertz CT molecular complexity index is 2540. The second kappa shape index (κ2) is 22.2. The van der Waals surface area contributed by atoms with E-state index in [9.17, 15) is 29.1 Å². The van der Waals surface area contributed by atoms with Crippen molar-refractivity contribution in [2.75, 3.05) is 30.4 Å². The van der Waals surface area contributed by atoms with Gasteiger partial charge in [-0.3, -0.25) is 29.4 Å². The van der Waals surface area contributed by atoms with E-state index in [0.717, 1.165) is 84.0 Å². The minimum absolute atomic E-state index is 0.0430. The molecule has 3 atom stereocenters. The Kier molecular flexibility index (Phi) is 16.8. The summed E-state index contributed by atoms with van der Waals surface area (Å²) in [6, 6.07) is 26.0. The summed E-state index contributed by atoms with van der Waals surface area (Å²) in [5, 5.41) is 20.5. The van der Waals surface area contributed by atoms with E-state index in [1.165, 1.54) is 25.2 Å². The predicted octanol–water partition coefficient (Wildman–Crippen LogP) is 9.96. The topological polar surface area (TPSA) is 157 Å². The minimum Gasteiger partial charge on any atom is -0.495 e. The third-order valence-electron chi connectivity index (χ3n) is 12.8. The van der Waals surface area contributed by atoms with Gasteiger partial charge in [-0.25, -0.2) is 9.10 Å². The Balaban J connectivity index is 0.00000355. The van der Waals surface area contributed by atoms with Crippen LogP contribution in [0.1, 0.15) is 119 Å². The van der Waals surface area contributed by atoms with Crippen molar-refractivity contribution in [2.24, 2.45) is 0 Å². The molecular weight excluding hydrogens is 874 g/mol. The van der Waals surface area contributed by atoms with Crippen molar-refractivity contribution in [1.29, 1.82) is 0 Å². The summed E-state index contributed by atoms with van der Waals surface area (Å²) >= 11 is 8.51. The van der Waals surface area contributed by atoms with Gasteiger partial charge in [-0.1, -0.05) is 92.0 Å². The number of piperidine rings is 2. The monoisotopic (exact) mass is 935 g/mol. The zero-order valence-corrected chi connectivity index (χ0v) is 40.5. The molecule has 2 fully saturated rings. The standard InChI is InChI=1S/C50H56ClN5O7S.C2H6/c1-30(45(51)46(63-5)31(2)49(61)62)35-11-7-12-36(26-35)53-37-22-24-55(50(3,4)27-37)64-28-33-10-6-9-32(25-33)15-16-34(21-23-52-29-57)38-17-18-41-44-39(38)13-8-14-40(44)48(60)56(41)42-19-20-43(58)54-47(42)59;1-2/h6-14,17-18,25-26,29,34,37,42,53H,15-16,19-24,27-28H2,1-5H3,(H,52,57)(H,61,62)(H,54,58,59);1-2H3/b45-30-,46-31-;. The van der Waals surface area contributed by atoms with E-state index < -0.39 is 17.9 Å². The van der Waals surface area contributed by atoms with E-state index in [1.807, 2.05) is 75.2 Å². The molecule has 0 spiro atoms. The number of hydrogen-bond donors (Lipinski definition) is 4. The molecule has 2 saturated heterocycles. The largest absolute Gasteiger partial charge is 0.495 e. The van der Waals surface area contributed by atoms with E-state index in [4.69, 9.17) is 16.3 Å². The van der Waals surface area contributed by atoms with Crippen molar-refractivity contribution in [3.8, 4) is 0 Å². The Morgan fingerprint density at radius 3 is 2.45 bits per heavy atom. The number of carbonyl (C=O) groups excluding carboxylic acids is 4. The number of nitrogens with one attached hydrogen (secondary N) is 3. The van der Waals surface area contributed by atoms with Gasteiger partial charge in [0, 0.05) is 53.5 Å². The van der Waals surface area contributed by atoms with Crippen LogP contribution in [0.3, 0.4) is 0 Å². The zero-order chi connectivity index (χ0) is 47.7. The quantitative estimate of drug-likeness (QED) is 0.0144. The van der Waals surface area contributed by atoms with Crippen molar-refractivity contribution >= 4 is 81.4 Å². The van der Waals surface area contributed by atoms with Crippen LogP contribution in [-0.4, -0.2) is 77.3 Å². The fourth-order valence-electron chi connectivity index (χ4n) is 9.39. The van der Waals surface area contributed by atoms with E-state index >= 15 is 0 Å². The summed E-state index contributed by atoms with van der Waals surface area (Å²) in [6.07, 6.45) is 5.46. The summed E-state index contributed by atoms with van der Waals surface area (Å²) in [5.41, 5.74) is 7.37. The number of halogens is 1. The number of carbonyl (C=O) groups is 5. The molecule has 3 unspecified atom stereocenters. The van der Waals surface area contributed by atoms with Gasteiger partial charge < -0.3 is 20.5 Å². The Morgan fingerprint density at radius 1 is 1.00 bits per heavy atom. The number of hydrogen-bond acceptors (Lipinski definition) is 9. The van der Waals surface area contributed by atoms with E-state index in [0.29, 0.717) is 17.8 Å². The molecule has 0 aromatic heterocycles. The van der Waals surface area contributed by atoms with Crippen molar-refractivity contribution in [2.45, 2.75) is 116 Å². The highest BCUT2D eigenvalue weighted by atomic mass is 35.5. The van der Waals surface area contributed by atoms with Gasteiger partial charge in [0.2, 0.25) is 18.2 Å². The lowest BCUT2D eigenvalue weighted by atomic mass is 9.85. The number of benzene rings is 4. The average Bonchev–Trinajstić information content (AvgIpc) is 3.59. The van der Waals surface area contributed by atoms with Gasteiger partial charge in [-0.15, -0.1) is 0 Å². The van der Waals surface area contributed by atoms with E-state index in [2.05, 4.69) is 64.4 Å². The molecule has 4 amide bonds. The number of nitrogens with zero attached hydrogens (tertiary/aromatic N) is 2. The Morgan fingerprint density at radius 2 is 1.74 bits per heavy atom. The zero-order valence-electron chi connectivity index (χ0n) is 39.0. The van der Waals surface area contributed by atoms with Crippen LogP contribution in [0, 0.1) is 0 Å². The summed E-state index contributed by atoms with van der Waals surface area (Å²) in [7, 11) is 1.42. The van der Waals surface area contributed by atoms with Crippen LogP contribution < -0.4 is 20.9 Å². The number of carboxylic acid groups (broad SMARTS) is 1. The van der Waals surface area contributed by atoms with Gasteiger partial charge in [0.1, 0.15) is 11.8 Å². The molecule has 66 heavy (non-hydrogen) atoms. The van der Waals surface area contributed by atoms with Crippen LogP contribution in [0.5, 0.6) is 0 Å². The maximum absolute atomic E-state index is 13.8. The molecule has 7 rings (SSSR count). The Labute approximate surface area is 397 Å². The molecule has 0 radical (unpaired) electrons. The van der Waals surface area contributed by atoms with E-state index in [-0.39, 0.29) is 58.5 Å². The number of rotatable bonds is 18. The summed E-state index contributed by atoms with van der Waals surface area (Å²) < 4.78 is 7.86. The Hall–Kier alpha value is -5.63. The van der Waals surface area contributed by atoms with Gasteiger partial charge in [0.25, 0.3) is 5.91 Å². The second-order valence-electron chi connectivity index (χ2n) is 17.5. The van der Waals surface area contributed by atoms with Crippen molar-refractivity contribution in [3.63, 3.8) is 0 Å². The predicted molar refractivity (Wildman–Crippen MR) is 265 cm³/mol. The molecule has 3 aliphatic rings. The van der Waals surface area contributed by atoms with E-state index in [1.54, 1.807) is 11.0 Å². The molecule has 4 aromatic rings. The number of allylic oxidation sites excluding steroid dienone is 2. The fraction of sp³-hybridized carbons (Fsp3) is 0.404. The number of methoxy groups -OCH3 is 1. The summed E-state index contributed by atoms with van der Waals surface area (Å²) in [5.74, 6) is -1.03. The van der Waals surface area contributed by atoms with Crippen molar-refractivity contribution < 1.29 is 33.8 Å². The highest BCUT2D eigenvalue weighted by molar-refractivity contribution is 7.96. The lowest BCUT2D eigenvalue weighted by Crippen LogP contribution is -2.53. The maximum atomic E-state index is 13.8. The first-order valence-electron chi connectivity index (χ1n) is 22.8. The molecule has 0 aliphatic carbocycles. The first kappa shape index (κ1) is 49.8. The van der Waals surface area contributed by atoms with Crippen LogP contribution in [0.4, 0.5) is 11.4 Å². The molecule has 350 valence electrons. The molecule has 3 heterocycles. The molecule has 14 heteroatoms. The third-order valence-corrected chi connectivity index (χ3v) is 14.7. The molecule has 4 N–H and O–H groups in total.